The second-order valence-corrected chi connectivity index (χ2v) is 4.17. The fourth-order valence-electron chi connectivity index (χ4n) is 0.974. The Balaban J connectivity index is 2.53. The third kappa shape index (κ3) is 3.15. The van der Waals surface area contributed by atoms with Crippen LogP contribution in [0.1, 0.15) is 10.5 Å². The molecule has 1 aromatic rings. The number of rotatable bonds is 5. The number of hydrogen-bond acceptors (Lipinski definition) is 4. The Morgan fingerprint density at radius 2 is 2.27 bits per heavy atom. The van der Waals surface area contributed by atoms with Gasteiger partial charge in [-0.05, 0) is 6.07 Å². The smallest absolute Gasteiger partial charge is 0.263 e. The average molecular weight is 227 g/mol. The third-order valence-corrected chi connectivity index (χ3v) is 3.04. The molecular weight excluding hydrogens is 214 g/mol. The molecule has 0 unspecified atom stereocenters. The number of hydrogen-bond donors (Lipinski definition) is 1. The van der Waals surface area contributed by atoms with Crippen molar-refractivity contribution >= 4 is 15.6 Å². The summed E-state index contributed by atoms with van der Waals surface area (Å²) >= 11 is 0. The van der Waals surface area contributed by atoms with Crippen LogP contribution in [0.3, 0.4) is 0 Å². The highest BCUT2D eigenvalue weighted by Crippen LogP contribution is 1.99. The van der Waals surface area contributed by atoms with Gasteiger partial charge in [-0.1, -0.05) is 0 Å². The Morgan fingerprint density at radius 3 is 2.73 bits per heavy atom. The van der Waals surface area contributed by atoms with Crippen LogP contribution < -0.4 is 0 Å². The zero-order chi connectivity index (χ0) is 11.3. The Labute approximate surface area is 90.5 Å². The van der Waals surface area contributed by atoms with Crippen molar-refractivity contribution in [3.8, 4) is 0 Å². The fourth-order valence-corrected chi connectivity index (χ4v) is 1.74. The van der Waals surface area contributed by atoms with Gasteiger partial charge in [0.15, 0.2) is 5.91 Å². The van der Waals surface area contributed by atoms with Crippen LogP contribution in [-0.2, 0) is 9.47 Å². The standard InChI is InChI=1S/C8H13N3O3Si/c1-11(15-8(13-2)14-3)7(12)6-4-5-9-10-6/h4-5,8H,1-3H3,(H,9,10). The van der Waals surface area contributed by atoms with Crippen LogP contribution in [0, 0.1) is 0 Å². The second kappa shape index (κ2) is 5.64. The maximum atomic E-state index is 11.7. The van der Waals surface area contributed by atoms with E-state index in [-0.39, 0.29) is 21.5 Å². The van der Waals surface area contributed by atoms with E-state index in [0.717, 1.165) is 0 Å². The highest BCUT2D eigenvalue weighted by molar-refractivity contribution is 6.38. The van der Waals surface area contributed by atoms with Gasteiger partial charge >= 0.3 is 0 Å². The number of ether oxygens (including phenoxy) is 2. The highest BCUT2D eigenvalue weighted by Gasteiger charge is 2.18. The Bertz CT molecular complexity index is 300. The molecule has 1 N–H and O–H groups in total. The van der Waals surface area contributed by atoms with Crippen LogP contribution in [0.15, 0.2) is 12.3 Å². The molecule has 0 aliphatic heterocycles. The van der Waals surface area contributed by atoms with Crippen molar-refractivity contribution in [2.45, 2.75) is 5.91 Å². The van der Waals surface area contributed by atoms with Gasteiger partial charge in [0.05, 0.1) is 0 Å². The number of aromatic nitrogens is 2. The van der Waals surface area contributed by atoms with Gasteiger partial charge < -0.3 is 14.0 Å². The molecule has 0 bridgehead atoms. The first-order chi connectivity index (χ1) is 7.19. The minimum Gasteiger partial charge on any atom is -0.362 e. The van der Waals surface area contributed by atoms with E-state index < -0.39 is 0 Å². The maximum Gasteiger partial charge on any atom is 0.263 e. The number of amides is 1. The third-order valence-electron chi connectivity index (χ3n) is 1.76. The summed E-state index contributed by atoms with van der Waals surface area (Å²) in [6, 6.07) is 1.62. The first kappa shape index (κ1) is 11.9. The lowest BCUT2D eigenvalue weighted by atomic mass is 10.4. The van der Waals surface area contributed by atoms with Gasteiger partial charge in [0.2, 0.25) is 0 Å². The molecule has 7 heteroatoms. The maximum absolute atomic E-state index is 11.7. The minimum atomic E-state index is -0.387. The van der Waals surface area contributed by atoms with Gasteiger partial charge in [0, 0.05) is 27.5 Å². The molecule has 1 aromatic heterocycles. The summed E-state index contributed by atoms with van der Waals surface area (Å²) in [7, 11) is 4.87. The average Bonchev–Trinajstić information content (AvgIpc) is 2.77. The van der Waals surface area contributed by atoms with E-state index in [1.807, 2.05) is 0 Å². The Kier molecular flexibility index (Phi) is 4.47. The van der Waals surface area contributed by atoms with E-state index in [0.29, 0.717) is 5.69 Å². The van der Waals surface area contributed by atoms with Crippen molar-refractivity contribution < 1.29 is 14.3 Å². The lowest BCUT2D eigenvalue weighted by Crippen LogP contribution is -2.39. The molecule has 15 heavy (non-hydrogen) atoms. The van der Waals surface area contributed by atoms with Crippen LogP contribution in [0.5, 0.6) is 0 Å². The summed E-state index contributed by atoms with van der Waals surface area (Å²) in [5.41, 5.74) is 0.455. The van der Waals surface area contributed by atoms with Crippen LogP contribution >= 0.6 is 0 Å². The van der Waals surface area contributed by atoms with Gasteiger partial charge in [-0.3, -0.25) is 9.89 Å². The molecule has 2 radical (unpaired) electrons. The quantitative estimate of drug-likeness (QED) is 0.553. The molecule has 0 aliphatic rings. The zero-order valence-corrected chi connectivity index (χ0v) is 9.85. The van der Waals surface area contributed by atoms with Gasteiger partial charge in [-0.2, -0.15) is 5.10 Å². The monoisotopic (exact) mass is 227 g/mol. The minimum absolute atomic E-state index is 0.107. The molecule has 0 aliphatic carbocycles. The number of nitrogens with zero attached hydrogens (tertiary/aromatic N) is 2. The molecule has 0 fully saturated rings. The van der Waals surface area contributed by atoms with E-state index >= 15 is 0 Å². The number of nitrogens with one attached hydrogen (secondary N) is 1. The molecule has 0 saturated carbocycles. The molecule has 0 atom stereocenters. The predicted molar refractivity (Wildman–Crippen MR) is 54.2 cm³/mol. The van der Waals surface area contributed by atoms with Crippen LogP contribution in [0.25, 0.3) is 0 Å². The van der Waals surface area contributed by atoms with Crippen molar-refractivity contribution in [2.75, 3.05) is 21.3 Å². The Hall–Kier alpha value is -1.18. The molecule has 6 nitrogen and oxygen atoms in total. The topological polar surface area (TPSA) is 67.5 Å². The molecular formula is C8H13N3O3Si. The number of aromatic amines is 1. The van der Waals surface area contributed by atoms with Gasteiger partial charge in [-0.25, -0.2) is 0 Å². The van der Waals surface area contributed by atoms with Crippen molar-refractivity contribution in [1.82, 2.24) is 14.8 Å². The van der Waals surface area contributed by atoms with E-state index in [9.17, 15) is 4.79 Å². The van der Waals surface area contributed by atoms with E-state index in [2.05, 4.69) is 10.2 Å². The first-order valence-corrected chi connectivity index (χ1v) is 5.30. The summed E-state index contributed by atoms with van der Waals surface area (Å²) in [6.45, 7) is 0. The SMILES string of the molecule is COC(OC)[Si]N(C)C(=O)c1ccn[nH]1. The molecule has 1 amide bonds. The van der Waals surface area contributed by atoms with Crippen molar-refractivity contribution in [1.29, 1.82) is 0 Å². The molecule has 0 aromatic carbocycles. The fraction of sp³-hybridized carbons (Fsp3) is 0.500. The zero-order valence-electron chi connectivity index (χ0n) is 8.85. The van der Waals surface area contributed by atoms with Crippen molar-refractivity contribution in [3.63, 3.8) is 0 Å². The summed E-state index contributed by atoms with van der Waals surface area (Å²) in [5, 5.41) is 6.32. The van der Waals surface area contributed by atoms with E-state index in [1.54, 1.807) is 13.1 Å². The number of carbonyl (C=O) groups is 1. The first-order valence-electron chi connectivity index (χ1n) is 4.28. The Morgan fingerprint density at radius 1 is 1.60 bits per heavy atom. The number of methoxy groups -OCH3 is 2. The molecule has 1 heterocycles. The van der Waals surface area contributed by atoms with Gasteiger partial charge in [0.25, 0.3) is 15.6 Å². The summed E-state index contributed by atoms with van der Waals surface area (Å²) in [5.74, 6) is -0.521. The van der Waals surface area contributed by atoms with E-state index in [1.165, 1.54) is 25.0 Å². The van der Waals surface area contributed by atoms with Crippen molar-refractivity contribution in [2.24, 2.45) is 0 Å². The van der Waals surface area contributed by atoms with E-state index in [4.69, 9.17) is 9.47 Å². The number of H-pyrrole nitrogens is 1. The van der Waals surface area contributed by atoms with Gasteiger partial charge in [0.1, 0.15) is 5.69 Å². The molecule has 0 spiro atoms. The van der Waals surface area contributed by atoms with Crippen molar-refractivity contribution in [3.05, 3.63) is 18.0 Å². The highest BCUT2D eigenvalue weighted by atomic mass is 28.2. The lowest BCUT2D eigenvalue weighted by molar-refractivity contribution is -0.0473. The molecule has 82 valence electrons. The van der Waals surface area contributed by atoms with Crippen LogP contribution in [0.4, 0.5) is 0 Å². The largest absolute Gasteiger partial charge is 0.362 e. The summed E-state index contributed by atoms with van der Waals surface area (Å²) < 4.78 is 11.5. The van der Waals surface area contributed by atoms with Crippen LogP contribution in [0.2, 0.25) is 0 Å². The number of carbonyl (C=O) groups excluding carboxylic acids is 1. The normalized spacial score (nSPS) is 10.7. The molecule has 1 rings (SSSR count). The second-order valence-electron chi connectivity index (χ2n) is 2.77. The lowest BCUT2D eigenvalue weighted by Gasteiger charge is -2.19. The van der Waals surface area contributed by atoms with Gasteiger partial charge in [-0.15, -0.1) is 0 Å². The summed E-state index contributed by atoms with van der Waals surface area (Å²) in [4.78, 5) is 11.7. The summed E-state index contributed by atoms with van der Waals surface area (Å²) in [6.07, 6.45) is 1.54. The molecule has 0 saturated heterocycles. The van der Waals surface area contributed by atoms with Crippen LogP contribution in [-0.4, -0.2) is 57.5 Å². The predicted octanol–water partition coefficient (Wildman–Crippen LogP) is -0.323.